The summed E-state index contributed by atoms with van der Waals surface area (Å²) < 4.78 is 16.6. The average molecular weight is 547 g/mol. The highest BCUT2D eigenvalue weighted by Crippen LogP contribution is 2.32. The van der Waals surface area contributed by atoms with E-state index in [0.29, 0.717) is 6.61 Å². The molecule has 0 bridgehead atoms. The Bertz CT molecular complexity index is 994. The van der Waals surface area contributed by atoms with Crippen molar-refractivity contribution in [3.8, 4) is 11.1 Å². The van der Waals surface area contributed by atoms with Crippen LogP contribution in [0.15, 0.2) is 54.6 Å². The maximum Gasteiger partial charge on any atom is 0.339 e. The number of amides is 1. The molecule has 0 radical (unpaired) electrons. The largest absolute Gasteiger partial charge is 0.466 e. The SMILES string of the molecule is CCCCCCCCCCOC(=O)CCNC(=O)C(Cc1ccc(-c2ccccc2)cc1)NCP(=O)(O)O. The van der Waals surface area contributed by atoms with Crippen molar-refractivity contribution >= 4 is 19.5 Å². The lowest BCUT2D eigenvalue weighted by atomic mass is 10.0. The molecule has 0 aliphatic heterocycles. The summed E-state index contributed by atoms with van der Waals surface area (Å²) in [6.45, 7) is 2.68. The molecule has 4 N–H and O–H groups in total. The van der Waals surface area contributed by atoms with E-state index in [1.165, 1.54) is 32.1 Å². The lowest BCUT2D eigenvalue weighted by Crippen LogP contribution is -2.46. The summed E-state index contributed by atoms with van der Waals surface area (Å²) >= 11 is 0. The Kier molecular flexibility index (Phi) is 14.9. The number of nitrogens with one attached hydrogen (secondary N) is 2. The van der Waals surface area contributed by atoms with Gasteiger partial charge in [0, 0.05) is 6.54 Å². The summed E-state index contributed by atoms with van der Waals surface area (Å²) in [4.78, 5) is 43.3. The second kappa shape index (κ2) is 17.9. The molecule has 0 saturated heterocycles. The van der Waals surface area contributed by atoms with E-state index in [9.17, 15) is 23.9 Å². The molecule has 2 aromatic carbocycles. The van der Waals surface area contributed by atoms with Crippen LogP contribution in [0.4, 0.5) is 0 Å². The summed E-state index contributed by atoms with van der Waals surface area (Å²) in [5, 5.41) is 5.36. The van der Waals surface area contributed by atoms with Gasteiger partial charge < -0.3 is 19.8 Å². The molecule has 38 heavy (non-hydrogen) atoms. The van der Waals surface area contributed by atoms with Crippen LogP contribution in [-0.2, 0) is 25.3 Å². The van der Waals surface area contributed by atoms with Crippen LogP contribution < -0.4 is 10.6 Å². The Balaban J connectivity index is 1.76. The summed E-state index contributed by atoms with van der Waals surface area (Å²) in [6.07, 6.45) is 8.98. The minimum Gasteiger partial charge on any atom is -0.466 e. The molecule has 9 heteroatoms. The van der Waals surface area contributed by atoms with Gasteiger partial charge in [0.15, 0.2) is 0 Å². The minimum absolute atomic E-state index is 0.0414. The second-order valence-electron chi connectivity index (χ2n) is 9.58. The van der Waals surface area contributed by atoms with E-state index in [1.54, 1.807) is 0 Å². The van der Waals surface area contributed by atoms with Gasteiger partial charge in [0.05, 0.1) is 25.4 Å². The van der Waals surface area contributed by atoms with E-state index in [0.717, 1.165) is 36.0 Å². The number of ether oxygens (including phenoxy) is 1. The Hall–Kier alpha value is -2.51. The first-order chi connectivity index (χ1) is 18.3. The van der Waals surface area contributed by atoms with E-state index in [4.69, 9.17) is 4.74 Å². The van der Waals surface area contributed by atoms with Crippen LogP contribution in [0.25, 0.3) is 11.1 Å². The van der Waals surface area contributed by atoms with Crippen LogP contribution in [-0.4, -0.2) is 47.1 Å². The Morgan fingerprint density at radius 3 is 2.11 bits per heavy atom. The molecule has 0 aliphatic carbocycles. The standard InChI is InChI=1S/C29H43N2O6P/c1-2-3-4-5-6-7-8-12-21-37-28(32)19-20-30-29(33)27(31-23-38(34,35)36)22-24-15-17-26(18-16-24)25-13-10-9-11-14-25/h9-11,13-18,27,31H,2-8,12,19-23H2,1H3,(H,30,33)(H2,34,35,36). The highest BCUT2D eigenvalue weighted by Gasteiger charge is 2.23. The third kappa shape index (κ3) is 13.9. The predicted molar refractivity (Wildman–Crippen MR) is 151 cm³/mol. The molecule has 8 nitrogen and oxygen atoms in total. The van der Waals surface area contributed by atoms with Gasteiger partial charge in [-0.3, -0.25) is 19.5 Å². The van der Waals surface area contributed by atoms with Crippen molar-refractivity contribution in [2.45, 2.75) is 77.2 Å². The minimum atomic E-state index is -4.35. The van der Waals surface area contributed by atoms with Crippen LogP contribution >= 0.6 is 7.60 Å². The molecule has 0 fully saturated rings. The second-order valence-corrected chi connectivity index (χ2v) is 11.2. The van der Waals surface area contributed by atoms with Crippen molar-refractivity contribution in [3.05, 3.63) is 60.2 Å². The summed E-state index contributed by atoms with van der Waals surface area (Å²) in [5.74, 6) is -0.800. The van der Waals surface area contributed by atoms with Crippen molar-refractivity contribution in [3.63, 3.8) is 0 Å². The van der Waals surface area contributed by atoms with E-state index in [2.05, 4.69) is 17.6 Å². The van der Waals surface area contributed by atoms with Gasteiger partial charge in [-0.2, -0.15) is 0 Å². The molecule has 2 aromatic rings. The van der Waals surface area contributed by atoms with Crippen molar-refractivity contribution in [2.75, 3.05) is 19.4 Å². The molecule has 0 heterocycles. The number of hydrogen-bond acceptors (Lipinski definition) is 5. The molecule has 0 spiro atoms. The fourth-order valence-corrected chi connectivity index (χ4v) is 4.55. The van der Waals surface area contributed by atoms with Gasteiger partial charge >= 0.3 is 13.6 Å². The fraction of sp³-hybridized carbons (Fsp3) is 0.517. The average Bonchev–Trinajstić information content (AvgIpc) is 2.90. The van der Waals surface area contributed by atoms with Crippen LogP contribution in [0.1, 0.15) is 70.3 Å². The van der Waals surface area contributed by atoms with Gasteiger partial charge in [-0.25, -0.2) is 0 Å². The van der Waals surface area contributed by atoms with Gasteiger partial charge in [0.1, 0.15) is 0 Å². The topological polar surface area (TPSA) is 125 Å². The molecule has 1 amide bonds. The van der Waals surface area contributed by atoms with Crippen molar-refractivity contribution < 1.29 is 28.7 Å². The molecular formula is C29H43N2O6P. The highest BCUT2D eigenvalue weighted by molar-refractivity contribution is 7.51. The molecular weight excluding hydrogens is 503 g/mol. The summed E-state index contributed by atoms with van der Waals surface area (Å²) in [6, 6.07) is 16.7. The molecule has 0 aromatic heterocycles. The van der Waals surface area contributed by atoms with Crippen LogP contribution in [0, 0.1) is 0 Å². The monoisotopic (exact) mass is 546 g/mol. The number of carbonyl (C=O) groups is 2. The maximum atomic E-state index is 12.8. The zero-order valence-corrected chi connectivity index (χ0v) is 23.3. The smallest absolute Gasteiger partial charge is 0.339 e. The third-order valence-corrected chi connectivity index (χ3v) is 6.84. The van der Waals surface area contributed by atoms with E-state index in [1.807, 2.05) is 54.6 Å². The number of rotatable bonds is 19. The maximum absolute atomic E-state index is 12.8. The normalized spacial score (nSPS) is 12.2. The zero-order valence-electron chi connectivity index (χ0n) is 22.4. The van der Waals surface area contributed by atoms with Crippen molar-refractivity contribution in [1.29, 1.82) is 0 Å². The molecule has 0 saturated carbocycles. The van der Waals surface area contributed by atoms with Gasteiger partial charge in [0.25, 0.3) is 0 Å². The van der Waals surface area contributed by atoms with Gasteiger partial charge in [-0.1, -0.05) is 106 Å². The van der Waals surface area contributed by atoms with Crippen LogP contribution in [0.2, 0.25) is 0 Å². The van der Waals surface area contributed by atoms with Gasteiger partial charge in [0.2, 0.25) is 5.91 Å². The lowest BCUT2D eigenvalue weighted by Gasteiger charge is -2.19. The van der Waals surface area contributed by atoms with Gasteiger partial charge in [-0.05, 0) is 29.5 Å². The first-order valence-electron chi connectivity index (χ1n) is 13.6. The third-order valence-electron chi connectivity index (χ3n) is 6.25. The van der Waals surface area contributed by atoms with E-state index < -0.39 is 25.8 Å². The summed E-state index contributed by atoms with van der Waals surface area (Å²) in [7, 11) is -4.35. The molecule has 2 rings (SSSR count). The highest BCUT2D eigenvalue weighted by atomic mass is 31.2. The lowest BCUT2D eigenvalue weighted by molar-refractivity contribution is -0.143. The Labute approximate surface area is 226 Å². The molecule has 0 aliphatic rings. The molecule has 1 unspecified atom stereocenters. The number of carbonyl (C=O) groups excluding carboxylic acids is 2. The van der Waals surface area contributed by atoms with Crippen molar-refractivity contribution in [2.24, 2.45) is 0 Å². The first kappa shape index (κ1) is 31.7. The predicted octanol–water partition coefficient (Wildman–Crippen LogP) is 5.18. The number of esters is 1. The zero-order chi connectivity index (χ0) is 27.6. The van der Waals surface area contributed by atoms with E-state index >= 15 is 0 Å². The van der Waals surface area contributed by atoms with Crippen molar-refractivity contribution in [1.82, 2.24) is 10.6 Å². The fourth-order valence-electron chi connectivity index (χ4n) is 4.09. The Morgan fingerprint density at radius 2 is 1.47 bits per heavy atom. The van der Waals surface area contributed by atoms with Crippen LogP contribution in [0.5, 0.6) is 0 Å². The summed E-state index contributed by atoms with van der Waals surface area (Å²) in [5.41, 5.74) is 2.94. The van der Waals surface area contributed by atoms with Gasteiger partial charge in [-0.15, -0.1) is 0 Å². The molecule has 1 atom stereocenters. The van der Waals surface area contributed by atoms with Crippen LogP contribution in [0.3, 0.4) is 0 Å². The molecule has 210 valence electrons. The number of hydrogen-bond donors (Lipinski definition) is 4. The Morgan fingerprint density at radius 1 is 0.868 bits per heavy atom. The van der Waals surface area contributed by atoms with E-state index in [-0.39, 0.29) is 25.4 Å². The number of benzene rings is 2. The first-order valence-corrected chi connectivity index (χ1v) is 15.4. The number of unbranched alkanes of at least 4 members (excludes halogenated alkanes) is 7. The quantitative estimate of drug-likeness (QED) is 0.109.